The highest BCUT2D eigenvalue weighted by Crippen LogP contribution is 2.68. The third kappa shape index (κ3) is 3.59. The van der Waals surface area contributed by atoms with Gasteiger partial charge in [-0.15, -0.1) is 0 Å². The second-order valence-corrected chi connectivity index (χ2v) is 12.1. The topological polar surface area (TPSA) is 69.7 Å². The maximum atomic E-state index is 14.0. The predicted molar refractivity (Wildman–Crippen MR) is 120 cm³/mol. The van der Waals surface area contributed by atoms with Gasteiger partial charge in [0, 0.05) is 25.7 Å². The fraction of sp³-hybridized carbons (Fsp3) is 0.880. The minimum atomic E-state index is -0.247. The molecule has 6 heteroatoms. The smallest absolute Gasteiger partial charge is 0.302 e. The Morgan fingerprint density at radius 1 is 1.06 bits per heavy atom. The molecule has 0 radical (unpaired) electrons. The summed E-state index contributed by atoms with van der Waals surface area (Å²) in [5.74, 6) is 1.45. The van der Waals surface area contributed by atoms with Crippen molar-refractivity contribution in [1.29, 1.82) is 0 Å². The first-order valence-electron chi connectivity index (χ1n) is 12.0. The summed E-state index contributed by atoms with van der Waals surface area (Å²) in [4.78, 5) is 36.9. The van der Waals surface area contributed by atoms with Crippen LogP contribution in [-0.4, -0.2) is 34.8 Å². The van der Waals surface area contributed by atoms with Crippen molar-refractivity contribution in [2.45, 2.75) is 96.6 Å². The molecule has 0 aromatic rings. The highest BCUT2D eigenvalue weighted by Gasteiger charge is 2.67. The highest BCUT2D eigenvalue weighted by atomic mass is 79.9. The molecule has 31 heavy (non-hydrogen) atoms. The Morgan fingerprint density at radius 2 is 1.77 bits per heavy atom. The number of esters is 2. The van der Waals surface area contributed by atoms with Crippen molar-refractivity contribution >= 4 is 33.7 Å². The predicted octanol–water partition coefficient (Wildman–Crippen LogP) is 5.08. The van der Waals surface area contributed by atoms with Crippen LogP contribution in [0.5, 0.6) is 0 Å². The fourth-order valence-corrected chi connectivity index (χ4v) is 9.42. The number of alkyl halides is 1. The van der Waals surface area contributed by atoms with E-state index >= 15 is 0 Å². The zero-order valence-electron chi connectivity index (χ0n) is 19.5. The Kier molecular flexibility index (Phi) is 6.11. The summed E-state index contributed by atoms with van der Waals surface area (Å²) < 4.78 is 11.2. The zero-order chi connectivity index (χ0) is 22.7. The average molecular weight is 497 g/mol. The van der Waals surface area contributed by atoms with Gasteiger partial charge in [-0.05, 0) is 80.5 Å². The molecule has 0 N–H and O–H groups in total. The van der Waals surface area contributed by atoms with E-state index in [1.165, 1.54) is 13.8 Å². The summed E-state index contributed by atoms with van der Waals surface area (Å²) in [6, 6.07) is 0. The lowest BCUT2D eigenvalue weighted by molar-refractivity contribution is -0.170. The van der Waals surface area contributed by atoms with E-state index in [1.807, 2.05) is 6.92 Å². The molecule has 4 saturated carbocycles. The van der Waals surface area contributed by atoms with Gasteiger partial charge >= 0.3 is 11.9 Å². The maximum absolute atomic E-state index is 14.0. The highest BCUT2D eigenvalue weighted by molar-refractivity contribution is 9.10. The molecule has 4 fully saturated rings. The number of ether oxygens (including phenoxy) is 2. The van der Waals surface area contributed by atoms with E-state index in [-0.39, 0.29) is 51.6 Å². The van der Waals surface area contributed by atoms with Crippen molar-refractivity contribution in [1.82, 2.24) is 0 Å². The first kappa shape index (κ1) is 23.3. The molecule has 5 nitrogen and oxygen atoms in total. The standard InChI is InChI=1S/C25H37BrO5/c1-13(30-14(2)27)19-8-9-20-18-7-6-16-12-17(31-15(3)28)10-11-24(16,4)21(18)22(29)23(26)25(19,20)5/h13,16-21,23H,6-12H2,1-5H3. The van der Waals surface area contributed by atoms with Crippen LogP contribution in [0.2, 0.25) is 0 Å². The van der Waals surface area contributed by atoms with Gasteiger partial charge in [-0.25, -0.2) is 0 Å². The Hall–Kier alpha value is -0.910. The number of carbonyl (C=O) groups excluding carboxylic acids is 3. The fourth-order valence-electron chi connectivity index (χ4n) is 8.45. The molecule has 0 aliphatic heterocycles. The maximum Gasteiger partial charge on any atom is 0.302 e. The van der Waals surface area contributed by atoms with Crippen LogP contribution in [0.15, 0.2) is 0 Å². The van der Waals surface area contributed by atoms with Crippen molar-refractivity contribution in [3.05, 3.63) is 0 Å². The molecule has 0 heterocycles. The minimum absolute atomic E-state index is 0.00343. The second-order valence-electron chi connectivity index (χ2n) is 11.2. The number of hydrogen-bond donors (Lipinski definition) is 0. The van der Waals surface area contributed by atoms with Gasteiger partial charge in [0.2, 0.25) is 0 Å². The monoisotopic (exact) mass is 496 g/mol. The molecule has 0 aromatic heterocycles. The van der Waals surface area contributed by atoms with Crippen LogP contribution in [0, 0.1) is 40.4 Å². The molecular weight excluding hydrogens is 460 g/mol. The van der Waals surface area contributed by atoms with E-state index in [2.05, 4.69) is 29.8 Å². The third-order valence-electron chi connectivity index (χ3n) is 9.73. The van der Waals surface area contributed by atoms with E-state index in [0.717, 1.165) is 44.9 Å². The number of Topliss-reactive ketones (excluding diaryl/α,β-unsaturated/α-hetero) is 1. The molecule has 0 bridgehead atoms. The van der Waals surface area contributed by atoms with E-state index in [1.54, 1.807) is 0 Å². The normalized spacial score (nSPS) is 47.5. The number of rotatable bonds is 3. The van der Waals surface area contributed by atoms with Gasteiger partial charge in [-0.3, -0.25) is 14.4 Å². The van der Waals surface area contributed by atoms with Crippen LogP contribution in [0.25, 0.3) is 0 Å². The first-order valence-corrected chi connectivity index (χ1v) is 12.9. The number of halogens is 1. The average Bonchev–Trinajstić information content (AvgIpc) is 3.03. The molecule has 4 rings (SSSR count). The molecule has 0 amide bonds. The van der Waals surface area contributed by atoms with Crippen LogP contribution < -0.4 is 0 Å². The van der Waals surface area contributed by atoms with E-state index in [9.17, 15) is 14.4 Å². The first-order chi connectivity index (χ1) is 14.5. The number of hydrogen-bond acceptors (Lipinski definition) is 5. The summed E-state index contributed by atoms with van der Waals surface area (Å²) >= 11 is 3.88. The van der Waals surface area contributed by atoms with Crippen LogP contribution >= 0.6 is 15.9 Å². The summed E-state index contributed by atoms with van der Waals surface area (Å²) in [5.41, 5.74) is -0.213. The lowest BCUT2D eigenvalue weighted by Crippen LogP contribution is -2.62. The van der Waals surface area contributed by atoms with Gasteiger partial charge in [0.15, 0.2) is 5.78 Å². The Bertz CT molecular complexity index is 767. The Balaban J connectivity index is 1.61. The van der Waals surface area contributed by atoms with Gasteiger partial charge in [0.1, 0.15) is 12.2 Å². The van der Waals surface area contributed by atoms with Gasteiger partial charge in [-0.2, -0.15) is 0 Å². The van der Waals surface area contributed by atoms with E-state index in [0.29, 0.717) is 23.5 Å². The minimum Gasteiger partial charge on any atom is -0.463 e. The molecule has 4 aliphatic carbocycles. The molecule has 0 saturated heterocycles. The van der Waals surface area contributed by atoms with Crippen molar-refractivity contribution < 1.29 is 23.9 Å². The van der Waals surface area contributed by atoms with Crippen molar-refractivity contribution in [2.24, 2.45) is 40.4 Å². The van der Waals surface area contributed by atoms with Gasteiger partial charge in [0.05, 0.1) is 4.83 Å². The second kappa shape index (κ2) is 8.14. The lowest BCUT2D eigenvalue weighted by atomic mass is 9.44. The molecule has 4 aliphatic rings. The molecule has 10 unspecified atom stereocenters. The van der Waals surface area contributed by atoms with Crippen molar-refractivity contribution in [2.75, 3.05) is 0 Å². The quantitative estimate of drug-likeness (QED) is 0.402. The SMILES string of the molecule is CC(=O)OC1CCC2(C)C(CCC3C2C(=O)C(Br)C2(C)C(C(C)OC(C)=O)CCC32)C1. The molecule has 0 aromatic carbocycles. The van der Waals surface area contributed by atoms with Gasteiger partial charge in [0.25, 0.3) is 0 Å². The van der Waals surface area contributed by atoms with Crippen LogP contribution in [-0.2, 0) is 23.9 Å². The van der Waals surface area contributed by atoms with Crippen LogP contribution in [0.4, 0.5) is 0 Å². The van der Waals surface area contributed by atoms with E-state index < -0.39 is 0 Å². The summed E-state index contributed by atoms with van der Waals surface area (Å²) in [6.07, 6.45) is 6.77. The van der Waals surface area contributed by atoms with E-state index in [4.69, 9.17) is 9.47 Å². The van der Waals surface area contributed by atoms with Crippen molar-refractivity contribution in [3.63, 3.8) is 0 Å². The van der Waals surface area contributed by atoms with Gasteiger partial charge in [-0.1, -0.05) is 29.8 Å². The molecule has 174 valence electrons. The summed E-state index contributed by atoms with van der Waals surface area (Å²) in [5, 5.41) is 0. The van der Waals surface area contributed by atoms with Crippen molar-refractivity contribution in [3.8, 4) is 0 Å². The number of carbonyl (C=O) groups is 3. The zero-order valence-corrected chi connectivity index (χ0v) is 21.1. The largest absolute Gasteiger partial charge is 0.463 e. The molecule has 10 atom stereocenters. The third-order valence-corrected chi connectivity index (χ3v) is 11.2. The molecule has 0 spiro atoms. The number of fused-ring (bicyclic) bond motifs is 5. The lowest BCUT2D eigenvalue weighted by Gasteiger charge is -2.61. The van der Waals surface area contributed by atoms with Gasteiger partial charge < -0.3 is 9.47 Å². The Labute approximate surface area is 194 Å². The summed E-state index contributed by atoms with van der Waals surface area (Å²) in [7, 11) is 0. The van der Waals surface area contributed by atoms with Crippen LogP contribution in [0.3, 0.4) is 0 Å². The Morgan fingerprint density at radius 3 is 2.42 bits per heavy atom. The summed E-state index contributed by atoms with van der Waals surface area (Å²) in [6.45, 7) is 9.53. The molecular formula is C25H37BrO5. The van der Waals surface area contributed by atoms with Crippen LogP contribution in [0.1, 0.15) is 79.6 Å². The number of ketones is 1.